The van der Waals surface area contributed by atoms with Gasteiger partial charge < -0.3 is 10.1 Å². The Morgan fingerprint density at radius 1 is 1.42 bits per heavy atom. The Morgan fingerprint density at radius 2 is 2.21 bits per heavy atom. The van der Waals surface area contributed by atoms with Gasteiger partial charge in [-0.15, -0.1) is 0 Å². The van der Waals surface area contributed by atoms with Gasteiger partial charge in [-0.1, -0.05) is 6.92 Å². The molecule has 2 fully saturated rings. The fourth-order valence-corrected chi connectivity index (χ4v) is 4.43. The normalized spacial score (nSPS) is 36.2. The van der Waals surface area contributed by atoms with Crippen molar-refractivity contribution >= 4 is 9.84 Å². The predicted molar refractivity (Wildman–Crippen MR) is 76.1 cm³/mol. The van der Waals surface area contributed by atoms with Gasteiger partial charge in [0.1, 0.15) is 0 Å². The summed E-state index contributed by atoms with van der Waals surface area (Å²) in [5.74, 6) is 0.583. The Bertz CT molecular complexity index is 385. The van der Waals surface area contributed by atoms with E-state index in [2.05, 4.69) is 24.1 Å². The van der Waals surface area contributed by atoms with Crippen LogP contribution in [0.4, 0.5) is 0 Å². The lowest BCUT2D eigenvalue weighted by Gasteiger charge is -2.39. The van der Waals surface area contributed by atoms with Gasteiger partial charge in [0.15, 0.2) is 9.84 Å². The molecule has 0 aliphatic carbocycles. The first-order chi connectivity index (χ1) is 9.00. The zero-order valence-electron chi connectivity index (χ0n) is 12.0. The molecule has 2 saturated heterocycles. The number of rotatable bonds is 4. The molecule has 0 amide bonds. The minimum absolute atomic E-state index is 0.120. The second-order valence-electron chi connectivity index (χ2n) is 5.76. The average molecular weight is 290 g/mol. The molecule has 0 radical (unpaired) electrons. The van der Waals surface area contributed by atoms with E-state index in [1.165, 1.54) is 0 Å². The average Bonchev–Trinajstić information content (AvgIpc) is 2.35. The Hall–Kier alpha value is -0.170. The van der Waals surface area contributed by atoms with Gasteiger partial charge in [0.2, 0.25) is 0 Å². The maximum absolute atomic E-state index is 11.6. The van der Waals surface area contributed by atoms with Crippen molar-refractivity contribution < 1.29 is 13.2 Å². The smallest absolute Gasteiger partial charge is 0.153 e. The van der Waals surface area contributed by atoms with Crippen LogP contribution in [0.5, 0.6) is 0 Å². The van der Waals surface area contributed by atoms with Crippen LogP contribution < -0.4 is 5.32 Å². The highest BCUT2D eigenvalue weighted by Gasteiger charge is 2.28. The van der Waals surface area contributed by atoms with E-state index < -0.39 is 9.84 Å². The maximum atomic E-state index is 11.6. The van der Waals surface area contributed by atoms with Crippen molar-refractivity contribution in [3.63, 3.8) is 0 Å². The number of nitrogens with one attached hydrogen (secondary N) is 1. The fraction of sp³-hybridized carbons (Fsp3) is 1.00. The molecule has 0 aromatic heterocycles. The first-order valence-corrected chi connectivity index (χ1v) is 9.12. The van der Waals surface area contributed by atoms with Crippen LogP contribution in [0.25, 0.3) is 0 Å². The van der Waals surface area contributed by atoms with Gasteiger partial charge in [0.05, 0.1) is 24.2 Å². The third-order valence-electron chi connectivity index (χ3n) is 4.12. The number of hydrogen-bond acceptors (Lipinski definition) is 5. The lowest BCUT2D eigenvalue weighted by atomic mass is 10.1. The van der Waals surface area contributed by atoms with Crippen molar-refractivity contribution in [1.29, 1.82) is 0 Å². The number of hydrogen-bond donors (Lipinski definition) is 1. The number of ether oxygens (including phenoxy) is 1. The van der Waals surface area contributed by atoms with Gasteiger partial charge in [-0.05, 0) is 19.8 Å². The molecule has 6 heteroatoms. The molecule has 112 valence electrons. The molecule has 0 spiro atoms. The molecule has 19 heavy (non-hydrogen) atoms. The van der Waals surface area contributed by atoms with Gasteiger partial charge in [0, 0.05) is 31.7 Å². The second kappa shape index (κ2) is 6.52. The minimum Gasteiger partial charge on any atom is -0.376 e. The molecule has 0 aromatic carbocycles. The summed E-state index contributed by atoms with van der Waals surface area (Å²) in [6, 6.07) is 0.603. The van der Waals surface area contributed by atoms with Crippen molar-refractivity contribution in [2.75, 3.05) is 37.7 Å². The summed E-state index contributed by atoms with van der Waals surface area (Å²) < 4.78 is 28.9. The standard InChI is InChI=1S/C13H26N2O3S/c1-3-13-9-18-11(2)8-15(13)6-4-12-10-19(16,17)7-5-14-12/h11-14H,3-10H2,1-2H3. The van der Waals surface area contributed by atoms with Crippen molar-refractivity contribution in [3.05, 3.63) is 0 Å². The summed E-state index contributed by atoms with van der Waals surface area (Å²) >= 11 is 0. The minimum atomic E-state index is -2.82. The molecular weight excluding hydrogens is 264 g/mol. The molecule has 2 heterocycles. The van der Waals surface area contributed by atoms with Gasteiger partial charge in [-0.25, -0.2) is 8.42 Å². The van der Waals surface area contributed by atoms with Crippen molar-refractivity contribution in [3.8, 4) is 0 Å². The van der Waals surface area contributed by atoms with E-state index in [4.69, 9.17) is 4.74 Å². The lowest BCUT2D eigenvalue weighted by molar-refractivity contribution is -0.0565. The van der Waals surface area contributed by atoms with Gasteiger partial charge in [-0.2, -0.15) is 0 Å². The number of morpholine rings is 1. The molecule has 2 aliphatic heterocycles. The molecule has 3 atom stereocenters. The molecule has 3 unspecified atom stereocenters. The van der Waals surface area contributed by atoms with Crippen molar-refractivity contribution in [1.82, 2.24) is 10.2 Å². The summed E-state index contributed by atoms with van der Waals surface area (Å²) in [5, 5.41) is 3.32. The van der Waals surface area contributed by atoms with E-state index in [9.17, 15) is 8.42 Å². The second-order valence-corrected chi connectivity index (χ2v) is 7.98. The van der Waals surface area contributed by atoms with Gasteiger partial charge >= 0.3 is 0 Å². The highest BCUT2D eigenvalue weighted by molar-refractivity contribution is 7.91. The molecule has 2 rings (SSSR count). The lowest BCUT2D eigenvalue weighted by Crippen LogP contribution is -2.51. The first-order valence-electron chi connectivity index (χ1n) is 7.29. The quantitative estimate of drug-likeness (QED) is 0.805. The third-order valence-corrected chi connectivity index (χ3v) is 5.85. The Balaban J connectivity index is 1.83. The van der Waals surface area contributed by atoms with Crippen molar-refractivity contribution in [2.45, 2.75) is 44.9 Å². The zero-order valence-corrected chi connectivity index (χ0v) is 12.8. The molecule has 0 bridgehead atoms. The van der Waals surface area contributed by atoms with Crippen LogP contribution in [-0.2, 0) is 14.6 Å². The van der Waals surface area contributed by atoms with E-state index in [-0.39, 0.29) is 17.9 Å². The van der Waals surface area contributed by atoms with Crippen LogP contribution in [-0.4, -0.2) is 69.3 Å². The molecule has 1 N–H and O–H groups in total. The molecular formula is C13H26N2O3S. The summed E-state index contributed by atoms with van der Waals surface area (Å²) in [7, 11) is -2.82. The zero-order chi connectivity index (χ0) is 13.9. The highest BCUT2D eigenvalue weighted by Crippen LogP contribution is 2.16. The van der Waals surface area contributed by atoms with E-state index in [1.807, 2.05) is 0 Å². The molecule has 0 saturated carbocycles. The Morgan fingerprint density at radius 3 is 2.89 bits per heavy atom. The fourth-order valence-electron chi connectivity index (χ4n) is 2.94. The number of sulfone groups is 1. The van der Waals surface area contributed by atoms with Crippen LogP contribution in [0.15, 0.2) is 0 Å². The first kappa shape index (κ1) is 15.2. The van der Waals surface area contributed by atoms with Crippen LogP contribution in [0.3, 0.4) is 0 Å². The van der Waals surface area contributed by atoms with Crippen LogP contribution in [0, 0.1) is 0 Å². The molecule has 2 aliphatic rings. The van der Waals surface area contributed by atoms with E-state index in [0.29, 0.717) is 18.3 Å². The van der Waals surface area contributed by atoms with Gasteiger partial charge in [-0.3, -0.25) is 4.90 Å². The van der Waals surface area contributed by atoms with E-state index >= 15 is 0 Å². The Kier molecular flexibility index (Phi) is 5.22. The topological polar surface area (TPSA) is 58.6 Å². The third kappa shape index (κ3) is 4.41. The predicted octanol–water partition coefficient (Wildman–Crippen LogP) is 0.262. The summed E-state index contributed by atoms with van der Waals surface area (Å²) in [5.41, 5.74) is 0. The summed E-state index contributed by atoms with van der Waals surface area (Å²) in [6.45, 7) is 7.59. The van der Waals surface area contributed by atoms with Crippen LogP contribution >= 0.6 is 0 Å². The summed E-state index contributed by atoms with van der Waals surface area (Å²) in [6.07, 6.45) is 2.27. The largest absolute Gasteiger partial charge is 0.376 e. The summed E-state index contributed by atoms with van der Waals surface area (Å²) in [4.78, 5) is 2.46. The molecule has 5 nitrogen and oxygen atoms in total. The van der Waals surface area contributed by atoms with Gasteiger partial charge in [0.25, 0.3) is 0 Å². The monoisotopic (exact) mass is 290 g/mol. The maximum Gasteiger partial charge on any atom is 0.153 e. The van der Waals surface area contributed by atoms with E-state index in [0.717, 1.165) is 32.5 Å². The van der Waals surface area contributed by atoms with E-state index in [1.54, 1.807) is 0 Å². The van der Waals surface area contributed by atoms with Crippen LogP contribution in [0.1, 0.15) is 26.7 Å². The number of nitrogens with zero attached hydrogens (tertiary/aromatic N) is 1. The molecule has 0 aromatic rings. The Labute approximate surface area is 116 Å². The van der Waals surface area contributed by atoms with Crippen LogP contribution in [0.2, 0.25) is 0 Å². The van der Waals surface area contributed by atoms with Crippen molar-refractivity contribution in [2.24, 2.45) is 0 Å². The highest BCUT2D eigenvalue weighted by atomic mass is 32.2. The SMILES string of the molecule is CCC1COC(C)CN1CCC1CS(=O)(=O)CCN1.